The molecule has 1 aromatic heterocycles. The van der Waals surface area contributed by atoms with Crippen LogP contribution in [-0.4, -0.2) is 31.1 Å². The van der Waals surface area contributed by atoms with Gasteiger partial charge in [0.2, 0.25) is 5.75 Å². The number of halogens is 1. The van der Waals surface area contributed by atoms with Gasteiger partial charge in [-0.1, -0.05) is 11.6 Å². The third-order valence-corrected chi connectivity index (χ3v) is 3.62. The maximum Gasteiger partial charge on any atom is 0.203 e. The van der Waals surface area contributed by atoms with Crippen LogP contribution in [0.3, 0.4) is 0 Å². The van der Waals surface area contributed by atoms with Crippen molar-refractivity contribution in [2.24, 2.45) is 0 Å². The predicted octanol–water partition coefficient (Wildman–Crippen LogP) is 2.50. The van der Waals surface area contributed by atoms with Crippen LogP contribution in [0.5, 0.6) is 17.2 Å². The minimum atomic E-state index is 0.433. The highest BCUT2D eigenvalue weighted by Crippen LogP contribution is 2.38. The summed E-state index contributed by atoms with van der Waals surface area (Å²) in [5.74, 6) is 2.15. The van der Waals surface area contributed by atoms with Gasteiger partial charge in [0.15, 0.2) is 11.5 Å². The smallest absolute Gasteiger partial charge is 0.203 e. The maximum absolute atomic E-state index is 6.05. The van der Waals surface area contributed by atoms with Gasteiger partial charge in [0.1, 0.15) is 10.8 Å². The summed E-state index contributed by atoms with van der Waals surface area (Å²) in [6, 6.07) is 3.71. The number of aryl methyl sites for hydroxylation is 1. The van der Waals surface area contributed by atoms with Crippen LogP contribution in [0.4, 0.5) is 5.82 Å². The molecule has 0 radical (unpaired) electrons. The average Bonchev–Trinajstić information content (AvgIpc) is 2.73. The highest BCUT2D eigenvalue weighted by Gasteiger charge is 2.15. The maximum atomic E-state index is 6.05. The summed E-state index contributed by atoms with van der Waals surface area (Å²) in [7, 11) is 4.71. The van der Waals surface area contributed by atoms with Crippen molar-refractivity contribution in [3.8, 4) is 17.2 Å². The van der Waals surface area contributed by atoms with Crippen LogP contribution in [0.1, 0.15) is 11.3 Å². The fourth-order valence-electron chi connectivity index (χ4n) is 2.10. The molecule has 0 saturated carbocycles. The second-order valence-corrected chi connectivity index (χ2v) is 4.85. The molecule has 0 amide bonds. The van der Waals surface area contributed by atoms with Gasteiger partial charge in [0, 0.05) is 0 Å². The second-order valence-electron chi connectivity index (χ2n) is 4.48. The molecule has 6 nitrogen and oxygen atoms in total. The van der Waals surface area contributed by atoms with Crippen molar-refractivity contribution in [1.29, 1.82) is 0 Å². The number of nitrogens with two attached hydrogens (primary N) is 1. The molecule has 0 atom stereocenters. The van der Waals surface area contributed by atoms with Gasteiger partial charge in [0.25, 0.3) is 0 Å². The lowest BCUT2D eigenvalue weighted by molar-refractivity contribution is 0.323. The first kappa shape index (κ1) is 15.3. The van der Waals surface area contributed by atoms with E-state index in [0.29, 0.717) is 40.3 Å². The van der Waals surface area contributed by atoms with Crippen molar-refractivity contribution >= 4 is 17.4 Å². The molecule has 0 aliphatic carbocycles. The third-order valence-electron chi connectivity index (χ3n) is 3.15. The van der Waals surface area contributed by atoms with Crippen molar-refractivity contribution in [3.05, 3.63) is 28.4 Å². The monoisotopic (exact) mass is 311 g/mol. The number of hydrogen-bond donors (Lipinski definition) is 1. The number of ether oxygens (including phenoxy) is 3. The van der Waals surface area contributed by atoms with E-state index in [1.165, 1.54) is 0 Å². The highest BCUT2D eigenvalue weighted by molar-refractivity contribution is 6.33. The first-order chi connectivity index (χ1) is 10.0. The van der Waals surface area contributed by atoms with Gasteiger partial charge in [-0.05, 0) is 24.6 Å². The fraction of sp³-hybridized carbons (Fsp3) is 0.357. The molecule has 21 heavy (non-hydrogen) atoms. The van der Waals surface area contributed by atoms with Crippen LogP contribution in [0.2, 0.25) is 5.02 Å². The molecule has 0 fully saturated rings. The van der Waals surface area contributed by atoms with Gasteiger partial charge in [-0.25, -0.2) is 4.68 Å². The number of nitrogens with zero attached hydrogens (tertiary/aromatic N) is 2. The lowest BCUT2D eigenvalue weighted by Gasteiger charge is -2.14. The molecule has 2 N–H and O–H groups in total. The number of hydrogen-bond acceptors (Lipinski definition) is 5. The minimum Gasteiger partial charge on any atom is -0.493 e. The molecule has 0 aliphatic heterocycles. The van der Waals surface area contributed by atoms with E-state index in [4.69, 9.17) is 31.5 Å². The number of benzene rings is 1. The lowest BCUT2D eigenvalue weighted by atomic mass is 10.2. The Labute approximate surface area is 128 Å². The molecule has 114 valence electrons. The van der Waals surface area contributed by atoms with Crippen molar-refractivity contribution < 1.29 is 14.2 Å². The van der Waals surface area contributed by atoms with E-state index < -0.39 is 0 Å². The Bertz CT molecular complexity index is 630. The number of rotatable bonds is 5. The molecule has 0 spiro atoms. The molecule has 0 saturated heterocycles. The van der Waals surface area contributed by atoms with E-state index >= 15 is 0 Å². The summed E-state index contributed by atoms with van der Waals surface area (Å²) in [6.07, 6.45) is 0. The molecule has 1 aromatic carbocycles. The Morgan fingerprint density at radius 2 is 1.71 bits per heavy atom. The zero-order valence-corrected chi connectivity index (χ0v) is 13.2. The van der Waals surface area contributed by atoms with Gasteiger partial charge < -0.3 is 19.9 Å². The van der Waals surface area contributed by atoms with E-state index in [0.717, 1.165) is 5.56 Å². The highest BCUT2D eigenvalue weighted by atomic mass is 35.5. The molecule has 0 aliphatic rings. The summed E-state index contributed by atoms with van der Waals surface area (Å²) in [6.45, 7) is 2.26. The molecule has 1 heterocycles. The average molecular weight is 312 g/mol. The van der Waals surface area contributed by atoms with Crippen molar-refractivity contribution in [3.63, 3.8) is 0 Å². The van der Waals surface area contributed by atoms with Crippen molar-refractivity contribution in [1.82, 2.24) is 9.78 Å². The third kappa shape index (κ3) is 2.85. The minimum absolute atomic E-state index is 0.433. The first-order valence-electron chi connectivity index (χ1n) is 6.29. The summed E-state index contributed by atoms with van der Waals surface area (Å²) in [4.78, 5) is 0. The zero-order chi connectivity index (χ0) is 15.6. The normalized spacial score (nSPS) is 10.5. The molecule has 2 aromatic rings. The van der Waals surface area contributed by atoms with Gasteiger partial charge in [-0.15, -0.1) is 0 Å². The SMILES string of the molecule is COc1cc(Cn2nc(C)c(Cl)c2N)cc(OC)c1OC. The molecule has 2 rings (SSSR count). The topological polar surface area (TPSA) is 71.5 Å². The Balaban J connectivity index is 2.42. The molecular formula is C14H18ClN3O3. The lowest BCUT2D eigenvalue weighted by Crippen LogP contribution is -2.07. The van der Waals surface area contributed by atoms with Gasteiger partial charge in [0.05, 0.1) is 33.6 Å². The Morgan fingerprint density at radius 1 is 1.14 bits per heavy atom. The molecule has 7 heteroatoms. The van der Waals surface area contributed by atoms with Crippen LogP contribution in [-0.2, 0) is 6.54 Å². The standard InChI is InChI=1S/C14H18ClN3O3/c1-8-12(15)14(16)18(17-8)7-9-5-10(19-2)13(21-4)11(6-9)20-3/h5-6H,7,16H2,1-4H3. The molecular weight excluding hydrogens is 294 g/mol. The van der Waals surface area contributed by atoms with Crippen molar-refractivity contribution in [2.75, 3.05) is 27.1 Å². The molecule has 0 unspecified atom stereocenters. The van der Waals surface area contributed by atoms with E-state index in [2.05, 4.69) is 5.10 Å². The number of anilines is 1. The second kappa shape index (κ2) is 6.13. The summed E-state index contributed by atoms with van der Waals surface area (Å²) in [5.41, 5.74) is 7.54. The van der Waals surface area contributed by atoms with Crippen LogP contribution in [0, 0.1) is 6.92 Å². The molecule has 0 bridgehead atoms. The van der Waals surface area contributed by atoms with E-state index in [1.807, 2.05) is 19.1 Å². The number of methoxy groups -OCH3 is 3. The Kier molecular flexibility index (Phi) is 4.47. The van der Waals surface area contributed by atoms with E-state index in [1.54, 1.807) is 26.0 Å². The van der Waals surface area contributed by atoms with Crippen LogP contribution >= 0.6 is 11.6 Å². The van der Waals surface area contributed by atoms with Crippen LogP contribution < -0.4 is 19.9 Å². The summed E-state index contributed by atoms with van der Waals surface area (Å²) >= 11 is 6.05. The van der Waals surface area contributed by atoms with Crippen LogP contribution in [0.25, 0.3) is 0 Å². The quantitative estimate of drug-likeness (QED) is 0.918. The van der Waals surface area contributed by atoms with E-state index in [-0.39, 0.29) is 0 Å². The van der Waals surface area contributed by atoms with E-state index in [9.17, 15) is 0 Å². The zero-order valence-electron chi connectivity index (χ0n) is 12.4. The fourth-order valence-corrected chi connectivity index (χ4v) is 2.23. The summed E-state index contributed by atoms with van der Waals surface area (Å²) in [5, 5.41) is 4.78. The van der Waals surface area contributed by atoms with Crippen molar-refractivity contribution in [2.45, 2.75) is 13.5 Å². The number of aromatic nitrogens is 2. The Morgan fingerprint density at radius 3 is 2.10 bits per heavy atom. The van der Waals surface area contributed by atoms with Gasteiger partial charge in [-0.3, -0.25) is 0 Å². The summed E-state index contributed by atoms with van der Waals surface area (Å²) < 4.78 is 17.6. The van der Waals surface area contributed by atoms with Gasteiger partial charge in [-0.2, -0.15) is 5.10 Å². The largest absolute Gasteiger partial charge is 0.493 e. The first-order valence-corrected chi connectivity index (χ1v) is 6.66. The van der Waals surface area contributed by atoms with Crippen LogP contribution in [0.15, 0.2) is 12.1 Å². The predicted molar refractivity (Wildman–Crippen MR) is 81.6 cm³/mol. The number of nitrogen functional groups attached to an aromatic ring is 1. The van der Waals surface area contributed by atoms with Gasteiger partial charge >= 0.3 is 0 Å². The Hall–Kier alpha value is -2.08.